The lowest BCUT2D eigenvalue weighted by molar-refractivity contribution is 0.243. The second-order valence-corrected chi connectivity index (χ2v) is 6.31. The van der Waals surface area contributed by atoms with Crippen LogP contribution in [-0.4, -0.2) is 17.6 Å². The summed E-state index contributed by atoms with van der Waals surface area (Å²) < 4.78 is 0. The molecular formula is C13H19ClN2S. The molecule has 2 nitrogen and oxygen atoms in total. The first-order valence-electron chi connectivity index (χ1n) is 6.65. The molecule has 1 aliphatic heterocycles. The lowest BCUT2D eigenvalue weighted by Gasteiger charge is -2.44. The number of rotatable bonds is 2. The predicted octanol–water partition coefficient (Wildman–Crippen LogP) is 4.04. The first kappa shape index (κ1) is 11.8. The second kappa shape index (κ2) is 5.15. The summed E-state index contributed by atoms with van der Waals surface area (Å²) in [6.45, 7) is 1.19. The molecule has 1 aromatic rings. The third kappa shape index (κ3) is 2.32. The minimum Gasteiger partial charge on any atom is -0.345 e. The van der Waals surface area contributed by atoms with Crippen LogP contribution in [0.15, 0.2) is 5.38 Å². The first-order chi connectivity index (χ1) is 8.38. The molecule has 3 rings (SSSR count). The van der Waals surface area contributed by atoms with E-state index in [2.05, 4.69) is 15.3 Å². The van der Waals surface area contributed by atoms with Crippen LogP contribution in [0.4, 0.5) is 5.13 Å². The predicted molar refractivity (Wildman–Crippen MR) is 74.0 cm³/mol. The van der Waals surface area contributed by atoms with Crippen molar-refractivity contribution in [3.05, 3.63) is 11.1 Å². The van der Waals surface area contributed by atoms with Crippen molar-refractivity contribution < 1.29 is 0 Å². The average molecular weight is 271 g/mol. The van der Waals surface area contributed by atoms with E-state index >= 15 is 0 Å². The number of hydrogen-bond acceptors (Lipinski definition) is 3. The van der Waals surface area contributed by atoms with Crippen LogP contribution in [0.1, 0.15) is 44.2 Å². The minimum absolute atomic E-state index is 0.540. The Kier molecular flexibility index (Phi) is 3.57. The Morgan fingerprint density at radius 1 is 1.29 bits per heavy atom. The largest absolute Gasteiger partial charge is 0.345 e. The lowest BCUT2D eigenvalue weighted by Crippen LogP contribution is -2.46. The molecule has 2 atom stereocenters. The van der Waals surface area contributed by atoms with E-state index in [-0.39, 0.29) is 0 Å². The van der Waals surface area contributed by atoms with Gasteiger partial charge in [0.25, 0.3) is 0 Å². The molecule has 2 heterocycles. The van der Waals surface area contributed by atoms with Crippen LogP contribution in [0, 0.1) is 5.92 Å². The van der Waals surface area contributed by atoms with Crippen molar-refractivity contribution >= 4 is 28.1 Å². The van der Waals surface area contributed by atoms with Gasteiger partial charge < -0.3 is 4.90 Å². The van der Waals surface area contributed by atoms with Crippen molar-refractivity contribution in [2.45, 2.75) is 50.4 Å². The molecule has 0 amide bonds. The van der Waals surface area contributed by atoms with E-state index in [1.165, 1.54) is 50.2 Å². The van der Waals surface area contributed by atoms with E-state index in [0.29, 0.717) is 5.88 Å². The van der Waals surface area contributed by atoms with Crippen LogP contribution in [0.25, 0.3) is 0 Å². The summed E-state index contributed by atoms with van der Waals surface area (Å²) in [7, 11) is 0. The zero-order valence-electron chi connectivity index (χ0n) is 10.1. The van der Waals surface area contributed by atoms with Gasteiger partial charge in [-0.15, -0.1) is 22.9 Å². The normalized spacial score (nSPS) is 29.1. The second-order valence-electron chi connectivity index (χ2n) is 5.20. The van der Waals surface area contributed by atoms with Crippen molar-refractivity contribution in [3.8, 4) is 0 Å². The van der Waals surface area contributed by atoms with Crippen LogP contribution in [-0.2, 0) is 5.88 Å². The highest BCUT2D eigenvalue weighted by atomic mass is 35.5. The van der Waals surface area contributed by atoms with Crippen LogP contribution in [0.2, 0.25) is 0 Å². The van der Waals surface area contributed by atoms with Gasteiger partial charge >= 0.3 is 0 Å². The van der Waals surface area contributed by atoms with Crippen molar-refractivity contribution in [2.24, 2.45) is 5.92 Å². The number of anilines is 1. The third-order valence-corrected chi connectivity index (χ3v) is 5.37. The summed E-state index contributed by atoms with van der Waals surface area (Å²) >= 11 is 7.61. The van der Waals surface area contributed by atoms with Crippen molar-refractivity contribution in [3.63, 3.8) is 0 Å². The van der Waals surface area contributed by atoms with Gasteiger partial charge in [-0.3, -0.25) is 0 Å². The maximum absolute atomic E-state index is 5.84. The van der Waals surface area contributed by atoms with Crippen molar-refractivity contribution in [2.75, 3.05) is 11.4 Å². The molecular weight excluding hydrogens is 252 g/mol. The highest BCUT2D eigenvalue weighted by molar-refractivity contribution is 7.13. The number of aromatic nitrogens is 1. The van der Waals surface area contributed by atoms with Gasteiger partial charge in [-0.1, -0.05) is 12.8 Å². The van der Waals surface area contributed by atoms with Gasteiger partial charge in [0.2, 0.25) is 0 Å². The lowest BCUT2D eigenvalue weighted by atomic mass is 9.78. The molecule has 1 aromatic heterocycles. The van der Waals surface area contributed by atoms with Gasteiger partial charge in [-0.2, -0.15) is 0 Å². The molecule has 2 unspecified atom stereocenters. The summed E-state index contributed by atoms with van der Waals surface area (Å²) in [5.74, 6) is 1.46. The van der Waals surface area contributed by atoms with E-state index in [9.17, 15) is 0 Å². The van der Waals surface area contributed by atoms with E-state index in [1.807, 2.05) is 0 Å². The average Bonchev–Trinajstić information content (AvgIpc) is 2.87. The number of thiazole rings is 1. The fourth-order valence-electron chi connectivity index (χ4n) is 3.35. The maximum atomic E-state index is 5.84. The molecule has 0 radical (unpaired) electrons. The van der Waals surface area contributed by atoms with Gasteiger partial charge in [-0.25, -0.2) is 4.98 Å². The van der Waals surface area contributed by atoms with Gasteiger partial charge in [0.15, 0.2) is 5.13 Å². The molecule has 1 saturated carbocycles. The van der Waals surface area contributed by atoms with Gasteiger partial charge in [0.1, 0.15) is 0 Å². The van der Waals surface area contributed by atoms with Crippen LogP contribution in [0.5, 0.6) is 0 Å². The zero-order chi connectivity index (χ0) is 11.7. The van der Waals surface area contributed by atoms with Crippen LogP contribution < -0.4 is 4.90 Å². The number of hydrogen-bond donors (Lipinski definition) is 0. The molecule has 0 spiro atoms. The number of halogens is 1. The standard InChI is InChI=1S/C13H19ClN2S/c14-8-11-9-17-13(15-11)16-7-3-5-10-4-1-2-6-12(10)16/h9-10,12H,1-8H2. The molecule has 0 N–H and O–H groups in total. The fourth-order valence-corrected chi connectivity index (χ4v) is 4.49. The quantitative estimate of drug-likeness (QED) is 0.754. The summed E-state index contributed by atoms with van der Waals surface area (Å²) in [6.07, 6.45) is 8.37. The molecule has 1 aliphatic carbocycles. The minimum atomic E-state index is 0.540. The third-order valence-electron chi connectivity index (χ3n) is 4.17. The van der Waals surface area contributed by atoms with E-state index in [0.717, 1.165) is 17.7 Å². The van der Waals surface area contributed by atoms with Crippen molar-refractivity contribution in [1.82, 2.24) is 4.98 Å². The smallest absolute Gasteiger partial charge is 0.185 e. The molecule has 4 heteroatoms. The van der Waals surface area contributed by atoms with E-state index in [4.69, 9.17) is 11.6 Å². The Balaban J connectivity index is 1.80. The van der Waals surface area contributed by atoms with E-state index in [1.54, 1.807) is 11.3 Å². The molecule has 1 saturated heterocycles. The maximum Gasteiger partial charge on any atom is 0.185 e. The Hall–Kier alpha value is -0.280. The molecule has 17 heavy (non-hydrogen) atoms. The molecule has 2 fully saturated rings. The summed E-state index contributed by atoms with van der Waals surface area (Å²) in [6, 6.07) is 0.756. The van der Waals surface area contributed by atoms with Crippen molar-refractivity contribution in [1.29, 1.82) is 0 Å². The van der Waals surface area contributed by atoms with E-state index < -0.39 is 0 Å². The Bertz CT molecular complexity index is 377. The Morgan fingerprint density at radius 3 is 2.94 bits per heavy atom. The number of alkyl halides is 1. The van der Waals surface area contributed by atoms with Crippen LogP contribution >= 0.6 is 22.9 Å². The highest BCUT2D eigenvalue weighted by Gasteiger charge is 2.34. The molecule has 0 bridgehead atoms. The fraction of sp³-hybridized carbons (Fsp3) is 0.769. The molecule has 2 aliphatic rings. The van der Waals surface area contributed by atoms with Gasteiger partial charge in [-0.05, 0) is 31.6 Å². The molecule has 0 aromatic carbocycles. The van der Waals surface area contributed by atoms with Gasteiger partial charge in [0.05, 0.1) is 11.6 Å². The number of piperidine rings is 1. The Morgan fingerprint density at radius 2 is 2.12 bits per heavy atom. The summed E-state index contributed by atoms with van der Waals surface area (Å²) in [5.41, 5.74) is 1.03. The highest BCUT2D eigenvalue weighted by Crippen LogP contribution is 2.38. The number of nitrogens with zero attached hydrogens (tertiary/aromatic N) is 2. The summed E-state index contributed by atoms with van der Waals surface area (Å²) in [5, 5.41) is 3.31. The van der Waals surface area contributed by atoms with Gasteiger partial charge in [0, 0.05) is 18.0 Å². The summed E-state index contributed by atoms with van der Waals surface area (Å²) in [4.78, 5) is 7.22. The first-order valence-corrected chi connectivity index (χ1v) is 8.07. The Labute approximate surface area is 112 Å². The van der Waals surface area contributed by atoms with Crippen LogP contribution in [0.3, 0.4) is 0 Å². The molecule has 94 valence electrons. The monoisotopic (exact) mass is 270 g/mol. The number of fused-ring (bicyclic) bond motifs is 1. The SMILES string of the molecule is ClCc1csc(N2CCCC3CCCCC32)n1. The topological polar surface area (TPSA) is 16.1 Å². The zero-order valence-corrected chi connectivity index (χ0v) is 11.6.